The minimum Gasteiger partial charge on any atom is -0.383 e. The van der Waals surface area contributed by atoms with Crippen LogP contribution in [0.1, 0.15) is 31.2 Å². The lowest BCUT2D eigenvalue weighted by Crippen LogP contribution is -2.44. The van der Waals surface area contributed by atoms with Gasteiger partial charge in [0, 0.05) is 31.3 Å². The number of aromatic amines is 1. The number of amides is 1. The van der Waals surface area contributed by atoms with Crippen LogP contribution in [-0.2, 0) is 16.1 Å². The number of aromatic nitrogens is 2. The van der Waals surface area contributed by atoms with E-state index in [1.54, 1.807) is 7.11 Å². The standard InChI is InChI=1S/C15H26N4O2/c1-11-8-14(18-17-11)9-19-6-4-13(5-7-19)15(20)16-12(2)10-21-3/h8,12-13H,4-7,9-10H2,1-3H3,(H,16,20)(H,17,18). The Morgan fingerprint density at radius 2 is 2.29 bits per heavy atom. The number of carbonyl (C=O) groups is 1. The van der Waals surface area contributed by atoms with E-state index in [9.17, 15) is 4.79 Å². The molecule has 0 radical (unpaired) electrons. The predicted molar refractivity (Wildman–Crippen MR) is 80.8 cm³/mol. The van der Waals surface area contributed by atoms with Crippen molar-refractivity contribution >= 4 is 5.91 Å². The SMILES string of the molecule is COCC(C)NC(=O)C1CCN(Cc2cc(C)[nH]n2)CC1. The zero-order valence-corrected chi connectivity index (χ0v) is 13.2. The molecule has 1 aliphatic rings. The summed E-state index contributed by atoms with van der Waals surface area (Å²) in [6.07, 6.45) is 1.82. The monoisotopic (exact) mass is 294 g/mol. The maximum absolute atomic E-state index is 12.1. The van der Waals surface area contributed by atoms with Gasteiger partial charge in [0.1, 0.15) is 0 Å². The predicted octanol–water partition coefficient (Wildman–Crippen LogP) is 1.08. The zero-order valence-electron chi connectivity index (χ0n) is 13.2. The van der Waals surface area contributed by atoms with Gasteiger partial charge >= 0.3 is 0 Å². The lowest BCUT2D eigenvalue weighted by molar-refractivity contribution is -0.127. The van der Waals surface area contributed by atoms with E-state index >= 15 is 0 Å². The number of nitrogens with zero attached hydrogens (tertiary/aromatic N) is 2. The summed E-state index contributed by atoms with van der Waals surface area (Å²) in [5.41, 5.74) is 2.16. The third kappa shape index (κ3) is 4.82. The Morgan fingerprint density at radius 1 is 1.57 bits per heavy atom. The summed E-state index contributed by atoms with van der Waals surface area (Å²) in [6.45, 7) is 7.29. The molecular weight excluding hydrogens is 268 g/mol. The molecule has 0 bridgehead atoms. The highest BCUT2D eigenvalue weighted by molar-refractivity contribution is 5.79. The van der Waals surface area contributed by atoms with Gasteiger partial charge < -0.3 is 10.1 Å². The van der Waals surface area contributed by atoms with Crippen LogP contribution in [0.4, 0.5) is 0 Å². The minimum atomic E-state index is 0.0764. The fourth-order valence-corrected chi connectivity index (χ4v) is 2.79. The molecule has 1 saturated heterocycles. The van der Waals surface area contributed by atoms with Crippen molar-refractivity contribution in [3.05, 3.63) is 17.5 Å². The summed E-state index contributed by atoms with van der Waals surface area (Å²) in [4.78, 5) is 14.5. The summed E-state index contributed by atoms with van der Waals surface area (Å²) in [5, 5.41) is 10.2. The van der Waals surface area contributed by atoms with Gasteiger partial charge in [-0.2, -0.15) is 5.10 Å². The second-order valence-electron chi connectivity index (χ2n) is 5.96. The molecule has 1 aromatic rings. The highest BCUT2D eigenvalue weighted by Crippen LogP contribution is 2.19. The highest BCUT2D eigenvalue weighted by atomic mass is 16.5. The number of rotatable bonds is 6. The van der Waals surface area contributed by atoms with Crippen LogP contribution in [0, 0.1) is 12.8 Å². The van der Waals surface area contributed by atoms with Crippen LogP contribution < -0.4 is 5.32 Å². The van der Waals surface area contributed by atoms with Crippen molar-refractivity contribution in [2.45, 2.75) is 39.3 Å². The molecule has 0 aromatic carbocycles. The topological polar surface area (TPSA) is 70.2 Å². The Labute approximate surface area is 126 Å². The summed E-state index contributed by atoms with van der Waals surface area (Å²) >= 11 is 0. The normalized spacial score (nSPS) is 18.6. The minimum absolute atomic E-state index is 0.0764. The number of piperidine rings is 1. The Hall–Kier alpha value is -1.40. The molecule has 0 spiro atoms. The van der Waals surface area contributed by atoms with Crippen LogP contribution >= 0.6 is 0 Å². The van der Waals surface area contributed by atoms with Gasteiger partial charge in [-0.15, -0.1) is 0 Å². The molecule has 1 aromatic heterocycles. The van der Waals surface area contributed by atoms with Crippen molar-refractivity contribution in [3.8, 4) is 0 Å². The molecule has 6 nitrogen and oxygen atoms in total. The van der Waals surface area contributed by atoms with Gasteiger partial charge in [-0.1, -0.05) is 0 Å². The van der Waals surface area contributed by atoms with Crippen molar-refractivity contribution < 1.29 is 9.53 Å². The Balaban J connectivity index is 1.73. The number of methoxy groups -OCH3 is 1. The van der Waals surface area contributed by atoms with E-state index in [0.717, 1.165) is 43.9 Å². The van der Waals surface area contributed by atoms with E-state index in [0.29, 0.717) is 6.61 Å². The van der Waals surface area contributed by atoms with Gasteiger partial charge in [0.05, 0.1) is 12.3 Å². The van der Waals surface area contributed by atoms with Crippen molar-refractivity contribution in [1.82, 2.24) is 20.4 Å². The van der Waals surface area contributed by atoms with E-state index in [2.05, 4.69) is 26.5 Å². The highest BCUT2D eigenvalue weighted by Gasteiger charge is 2.25. The van der Waals surface area contributed by atoms with E-state index < -0.39 is 0 Å². The van der Waals surface area contributed by atoms with Crippen LogP contribution in [0.15, 0.2) is 6.07 Å². The lowest BCUT2D eigenvalue weighted by Gasteiger charge is -2.31. The van der Waals surface area contributed by atoms with E-state index in [1.807, 2.05) is 13.8 Å². The fraction of sp³-hybridized carbons (Fsp3) is 0.733. The van der Waals surface area contributed by atoms with Crippen LogP contribution in [-0.4, -0.2) is 53.9 Å². The molecule has 0 saturated carbocycles. The Morgan fingerprint density at radius 3 is 2.86 bits per heavy atom. The first kappa shape index (κ1) is 16.0. The second-order valence-corrected chi connectivity index (χ2v) is 5.96. The molecule has 2 rings (SSSR count). The van der Waals surface area contributed by atoms with Gasteiger partial charge in [-0.25, -0.2) is 0 Å². The summed E-state index contributed by atoms with van der Waals surface area (Å²) in [5.74, 6) is 0.288. The molecule has 1 fully saturated rings. The van der Waals surface area contributed by atoms with Gasteiger partial charge in [0.15, 0.2) is 0 Å². The quantitative estimate of drug-likeness (QED) is 0.824. The van der Waals surface area contributed by atoms with E-state index in [4.69, 9.17) is 4.74 Å². The number of ether oxygens (including phenoxy) is 1. The average molecular weight is 294 g/mol. The number of carbonyl (C=O) groups excluding carboxylic acids is 1. The van der Waals surface area contributed by atoms with Gasteiger partial charge in [-0.3, -0.25) is 14.8 Å². The molecule has 1 unspecified atom stereocenters. The average Bonchev–Trinajstić information content (AvgIpc) is 2.85. The van der Waals surface area contributed by atoms with Crippen LogP contribution in [0.2, 0.25) is 0 Å². The third-order valence-corrected chi connectivity index (χ3v) is 3.91. The molecule has 2 N–H and O–H groups in total. The first-order valence-electron chi connectivity index (χ1n) is 7.61. The van der Waals surface area contributed by atoms with Crippen molar-refractivity contribution in [3.63, 3.8) is 0 Å². The summed E-state index contributed by atoms with van der Waals surface area (Å²) < 4.78 is 5.04. The largest absolute Gasteiger partial charge is 0.383 e. The number of aryl methyl sites for hydroxylation is 1. The molecule has 1 amide bonds. The molecule has 6 heteroatoms. The molecule has 118 valence electrons. The maximum Gasteiger partial charge on any atom is 0.223 e. The molecule has 1 atom stereocenters. The number of hydrogen-bond donors (Lipinski definition) is 2. The van der Waals surface area contributed by atoms with Crippen molar-refractivity contribution in [1.29, 1.82) is 0 Å². The van der Waals surface area contributed by atoms with Gasteiger partial charge in [0.25, 0.3) is 0 Å². The lowest BCUT2D eigenvalue weighted by atomic mass is 9.95. The first-order valence-corrected chi connectivity index (χ1v) is 7.61. The molecular formula is C15H26N4O2. The second kappa shape index (κ2) is 7.56. The third-order valence-electron chi connectivity index (χ3n) is 3.91. The van der Waals surface area contributed by atoms with E-state index in [-0.39, 0.29) is 17.9 Å². The fourth-order valence-electron chi connectivity index (χ4n) is 2.79. The molecule has 1 aliphatic heterocycles. The van der Waals surface area contributed by atoms with Crippen LogP contribution in [0.5, 0.6) is 0 Å². The Bertz CT molecular complexity index is 452. The maximum atomic E-state index is 12.1. The van der Waals surface area contributed by atoms with E-state index in [1.165, 1.54) is 0 Å². The molecule has 21 heavy (non-hydrogen) atoms. The molecule has 0 aliphatic carbocycles. The number of nitrogens with one attached hydrogen (secondary N) is 2. The van der Waals surface area contributed by atoms with Gasteiger partial charge in [0.2, 0.25) is 5.91 Å². The zero-order chi connectivity index (χ0) is 15.2. The van der Waals surface area contributed by atoms with Gasteiger partial charge in [-0.05, 0) is 45.8 Å². The smallest absolute Gasteiger partial charge is 0.223 e. The van der Waals surface area contributed by atoms with Crippen LogP contribution in [0.3, 0.4) is 0 Å². The number of hydrogen-bond acceptors (Lipinski definition) is 4. The Kier molecular flexibility index (Phi) is 5.76. The van der Waals surface area contributed by atoms with Crippen LogP contribution in [0.25, 0.3) is 0 Å². The summed E-state index contributed by atoms with van der Waals surface area (Å²) in [6, 6.07) is 2.15. The van der Waals surface area contributed by atoms with Crippen molar-refractivity contribution in [2.24, 2.45) is 5.92 Å². The number of likely N-dealkylation sites (tertiary alicyclic amines) is 1. The van der Waals surface area contributed by atoms with Crippen molar-refractivity contribution in [2.75, 3.05) is 26.8 Å². The summed E-state index contributed by atoms with van der Waals surface area (Å²) in [7, 11) is 1.65. The first-order chi connectivity index (χ1) is 10.1. The number of H-pyrrole nitrogens is 1. The molecule has 2 heterocycles.